The highest BCUT2D eigenvalue weighted by molar-refractivity contribution is 5.76. The summed E-state index contributed by atoms with van der Waals surface area (Å²) >= 11 is 0. The quantitative estimate of drug-likeness (QED) is 0.425. The van der Waals surface area contributed by atoms with Crippen molar-refractivity contribution in [3.05, 3.63) is 71.2 Å². The third-order valence-corrected chi connectivity index (χ3v) is 7.47. The van der Waals surface area contributed by atoms with E-state index in [4.69, 9.17) is 5.11 Å². The SMILES string of the molecule is CC(C)c1ccc([C@](O)(c2cncc(-c3cc(CCN(C)C(=O)CO)[nH]n3)c2)C2(C)CN(C)C2)cc1. The van der Waals surface area contributed by atoms with Crippen LogP contribution in [0.1, 0.15) is 49.1 Å². The Labute approximate surface area is 213 Å². The van der Waals surface area contributed by atoms with E-state index >= 15 is 0 Å². The summed E-state index contributed by atoms with van der Waals surface area (Å²) in [5.74, 6) is 0.0976. The third-order valence-electron chi connectivity index (χ3n) is 7.47. The number of hydrogen-bond acceptors (Lipinski definition) is 6. The molecule has 1 aliphatic heterocycles. The van der Waals surface area contributed by atoms with E-state index in [0.717, 1.165) is 41.2 Å². The van der Waals surface area contributed by atoms with Crippen LogP contribution in [0.2, 0.25) is 0 Å². The molecule has 3 N–H and O–H groups in total. The zero-order valence-electron chi connectivity index (χ0n) is 21.8. The van der Waals surface area contributed by atoms with E-state index in [2.05, 4.69) is 60.0 Å². The van der Waals surface area contributed by atoms with Crippen LogP contribution < -0.4 is 0 Å². The maximum atomic E-state index is 12.4. The number of carbonyl (C=O) groups is 1. The average molecular weight is 492 g/mol. The molecule has 2 aromatic heterocycles. The summed E-state index contributed by atoms with van der Waals surface area (Å²) < 4.78 is 0. The highest BCUT2D eigenvalue weighted by atomic mass is 16.3. The van der Waals surface area contributed by atoms with E-state index in [1.807, 2.05) is 24.3 Å². The maximum absolute atomic E-state index is 12.4. The first-order valence-corrected chi connectivity index (χ1v) is 12.4. The lowest BCUT2D eigenvalue weighted by molar-refractivity contribution is -0.132. The van der Waals surface area contributed by atoms with Crippen molar-refractivity contribution in [2.45, 2.75) is 38.7 Å². The minimum Gasteiger partial charge on any atom is -0.387 e. The molecule has 1 amide bonds. The van der Waals surface area contributed by atoms with Crippen molar-refractivity contribution in [1.82, 2.24) is 25.0 Å². The Kier molecular flexibility index (Phi) is 7.31. The molecule has 3 heterocycles. The van der Waals surface area contributed by atoms with Crippen LogP contribution in [-0.4, -0.2) is 81.4 Å². The number of aromatic nitrogens is 3. The number of benzene rings is 1. The molecule has 36 heavy (non-hydrogen) atoms. The number of H-pyrrole nitrogens is 1. The lowest BCUT2D eigenvalue weighted by Gasteiger charge is -2.55. The Hall–Kier alpha value is -3.07. The maximum Gasteiger partial charge on any atom is 0.248 e. The lowest BCUT2D eigenvalue weighted by Crippen LogP contribution is -2.63. The van der Waals surface area contributed by atoms with Crippen LogP contribution >= 0.6 is 0 Å². The van der Waals surface area contributed by atoms with Crippen molar-refractivity contribution in [1.29, 1.82) is 0 Å². The van der Waals surface area contributed by atoms with Crippen LogP contribution in [0, 0.1) is 5.41 Å². The van der Waals surface area contributed by atoms with Gasteiger partial charge < -0.3 is 20.0 Å². The molecule has 1 aliphatic rings. The van der Waals surface area contributed by atoms with E-state index in [1.54, 1.807) is 19.4 Å². The van der Waals surface area contributed by atoms with Crippen LogP contribution in [0.15, 0.2) is 48.8 Å². The highest BCUT2D eigenvalue weighted by Crippen LogP contribution is 2.50. The van der Waals surface area contributed by atoms with Crippen molar-refractivity contribution < 1.29 is 15.0 Å². The molecular weight excluding hydrogens is 454 g/mol. The van der Waals surface area contributed by atoms with Gasteiger partial charge in [-0.15, -0.1) is 0 Å². The number of pyridine rings is 1. The number of hydrogen-bond donors (Lipinski definition) is 3. The average Bonchev–Trinajstić information content (AvgIpc) is 3.34. The van der Waals surface area contributed by atoms with Gasteiger partial charge in [-0.1, -0.05) is 45.0 Å². The molecule has 8 heteroatoms. The zero-order chi connectivity index (χ0) is 26.1. The van der Waals surface area contributed by atoms with Crippen LogP contribution in [0.25, 0.3) is 11.3 Å². The van der Waals surface area contributed by atoms with Gasteiger partial charge in [0.05, 0.1) is 5.69 Å². The topological polar surface area (TPSA) is 106 Å². The number of amides is 1. The standard InChI is InChI=1S/C28H37N5O3/c1-19(2)20-6-8-22(9-7-20)28(36,27(3)17-32(4)18-27)23-12-21(14-29-15-23)25-13-24(30-31-25)10-11-33(5)26(35)16-34/h6-9,12-15,19,34,36H,10-11,16-18H2,1-5H3,(H,30,31)/t28-/m0/s1. The monoisotopic (exact) mass is 491 g/mol. The predicted octanol–water partition coefficient (Wildman–Crippen LogP) is 2.78. The summed E-state index contributed by atoms with van der Waals surface area (Å²) in [4.78, 5) is 19.8. The summed E-state index contributed by atoms with van der Waals surface area (Å²) in [6, 6.07) is 12.2. The van der Waals surface area contributed by atoms with Crippen molar-refractivity contribution >= 4 is 5.91 Å². The number of aliphatic hydroxyl groups is 2. The Morgan fingerprint density at radius 3 is 2.50 bits per heavy atom. The van der Waals surface area contributed by atoms with Gasteiger partial charge in [-0.25, -0.2) is 0 Å². The largest absolute Gasteiger partial charge is 0.387 e. The first-order valence-electron chi connectivity index (χ1n) is 12.4. The van der Waals surface area contributed by atoms with Crippen LogP contribution in [-0.2, 0) is 16.8 Å². The molecule has 1 atom stereocenters. The number of nitrogens with one attached hydrogen (secondary N) is 1. The summed E-state index contributed by atoms with van der Waals surface area (Å²) in [6.45, 7) is 7.97. The van der Waals surface area contributed by atoms with Gasteiger partial charge in [0.25, 0.3) is 0 Å². The second-order valence-corrected chi connectivity index (χ2v) is 10.7. The Balaban J connectivity index is 1.65. The van der Waals surface area contributed by atoms with Crippen molar-refractivity contribution in [2.24, 2.45) is 5.41 Å². The molecule has 4 rings (SSSR count). The van der Waals surface area contributed by atoms with Gasteiger partial charge in [0.15, 0.2) is 0 Å². The number of likely N-dealkylation sites (tertiary alicyclic amines) is 1. The lowest BCUT2D eigenvalue weighted by atomic mass is 9.62. The Bertz CT molecular complexity index is 1200. The fraction of sp³-hybridized carbons (Fsp3) is 0.464. The molecule has 1 aromatic carbocycles. The molecule has 3 aromatic rings. The van der Waals surface area contributed by atoms with Crippen molar-refractivity contribution in [2.75, 3.05) is 40.3 Å². The molecule has 0 saturated carbocycles. The fourth-order valence-corrected chi connectivity index (χ4v) is 5.30. The smallest absolute Gasteiger partial charge is 0.248 e. The second-order valence-electron chi connectivity index (χ2n) is 10.7. The molecule has 0 radical (unpaired) electrons. The van der Waals surface area contributed by atoms with Gasteiger partial charge in [0.1, 0.15) is 12.2 Å². The number of nitrogens with zero attached hydrogens (tertiary/aromatic N) is 4. The first-order chi connectivity index (χ1) is 17.1. The molecule has 8 nitrogen and oxygen atoms in total. The Morgan fingerprint density at radius 1 is 1.19 bits per heavy atom. The first kappa shape index (κ1) is 26.0. The van der Waals surface area contributed by atoms with Crippen molar-refractivity contribution in [3.8, 4) is 11.3 Å². The van der Waals surface area contributed by atoms with Gasteiger partial charge in [-0.2, -0.15) is 5.10 Å². The van der Waals surface area contributed by atoms with E-state index in [-0.39, 0.29) is 11.3 Å². The number of likely N-dealkylation sites (N-methyl/N-ethyl adjacent to an activating group) is 1. The second kappa shape index (κ2) is 10.1. The minimum atomic E-state index is -1.22. The summed E-state index contributed by atoms with van der Waals surface area (Å²) in [7, 11) is 3.73. The molecule has 192 valence electrons. The zero-order valence-corrected chi connectivity index (χ0v) is 21.8. The highest BCUT2D eigenvalue weighted by Gasteiger charge is 2.55. The van der Waals surface area contributed by atoms with E-state index in [1.165, 1.54) is 10.5 Å². The fourth-order valence-electron chi connectivity index (χ4n) is 5.30. The van der Waals surface area contributed by atoms with E-state index < -0.39 is 12.2 Å². The Morgan fingerprint density at radius 2 is 1.89 bits per heavy atom. The van der Waals surface area contributed by atoms with Crippen LogP contribution in [0.4, 0.5) is 0 Å². The molecule has 0 bridgehead atoms. The summed E-state index contributed by atoms with van der Waals surface area (Å²) in [5.41, 5.74) is 3.66. The van der Waals surface area contributed by atoms with Crippen LogP contribution in [0.3, 0.4) is 0 Å². The molecule has 0 spiro atoms. The molecule has 1 saturated heterocycles. The normalized spacial score (nSPS) is 17.0. The predicted molar refractivity (Wildman–Crippen MR) is 139 cm³/mol. The number of aliphatic hydroxyl groups excluding tert-OH is 1. The molecule has 0 aliphatic carbocycles. The van der Waals surface area contributed by atoms with Crippen molar-refractivity contribution in [3.63, 3.8) is 0 Å². The molecule has 0 unspecified atom stereocenters. The van der Waals surface area contributed by atoms with Gasteiger partial charge in [0.2, 0.25) is 5.91 Å². The van der Waals surface area contributed by atoms with Gasteiger partial charge in [-0.05, 0) is 36.2 Å². The third kappa shape index (κ3) is 4.81. The van der Waals surface area contributed by atoms with Crippen LogP contribution in [0.5, 0.6) is 0 Å². The van der Waals surface area contributed by atoms with E-state index in [0.29, 0.717) is 18.9 Å². The van der Waals surface area contributed by atoms with Gasteiger partial charge in [-0.3, -0.25) is 14.9 Å². The summed E-state index contributed by atoms with van der Waals surface area (Å²) in [6.07, 6.45) is 4.09. The summed E-state index contributed by atoms with van der Waals surface area (Å²) in [5, 5.41) is 28.9. The molecular formula is C28H37N5O3. The number of carbonyl (C=O) groups excluding carboxylic acids is 1. The van der Waals surface area contributed by atoms with Gasteiger partial charge in [0, 0.05) is 67.7 Å². The number of rotatable bonds is 9. The van der Waals surface area contributed by atoms with E-state index in [9.17, 15) is 9.90 Å². The minimum absolute atomic E-state index is 0.317. The van der Waals surface area contributed by atoms with Gasteiger partial charge >= 0.3 is 0 Å². The molecule has 1 fully saturated rings. The number of aromatic amines is 1.